The number of likely N-dealkylation sites (N-methyl/N-ethyl adjacent to an activating group) is 1. The van der Waals surface area contributed by atoms with Crippen molar-refractivity contribution in [1.29, 1.82) is 0 Å². The molecule has 0 fully saturated rings. The smallest absolute Gasteiger partial charge is 0.260 e. The van der Waals surface area contributed by atoms with Crippen molar-refractivity contribution in [2.75, 3.05) is 13.7 Å². The molecule has 20 heavy (non-hydrogen) atoms. The molecule has 0 aliphatic heterocycles. The molecule has 0 bridgehead atoms. The minimum Gasteiger partial charge on any atom is -0.484 e. The number of ether oxygens (including phenoxy) is 1. The van der Waals surface area contributed by atoms with Gasteiger partial charge in [-0.1, -0.05) is 17.3 Å². The van der Waals surface area contributed by atoms with Crippen molar-refractivity contribution < 1.29 is 14.1 Å². The van der Waals surface area contributed by atoms with Gasteiger partial charge in [0, 0.05) is 13.1 Å². The van der Waals surface area contributed by atoms with Crippen molar-refractivity contribution in [3.8, 4) is 5.75 Å². The third-order valence-corrected chi connectivity index (χ3v) is 2.85. The average Bonchev–Trinajstić information content (AvgIpc) is 2.81. The van der Waals surface area contributed by atoms with Gasteiger partial charge >= 0.3 is 0 Å². The van der Waals surface area contributed by atoms with Crippen LogP contribution in [0.2, 0.25) is 0 Å². The van der Waals surface area contributed by atoms with Gasteiger partial charge in [-0.05, 0) is 31.5 Å². The molecular weight excluding hydrogens is 256 g/mol. The zero-order valence-electron chi connectivity index (χ0n) is 11.9. The number of aromatic nitrogens is 1. The lowest BCUT2D eigenvalue weighted by Crippen LogP contribution is -2.31. The van der Waals surface area contributed by atoms with Crippen LogP contribution < -0.4 is 4.74 Å². The number of benzene rings is 1. The Balaban J connectivity index is 1.85. The first-order chi connectivity index (χ1) is 9.54. The van der Waals surface area contributed by atoms with Gasteiger partial charge in [-0.15, -0.1) is 0 Å². The minimum atomic E-state index is -0.104. The normalized spacial score (nSPS) is 10.3. The lowest BCUT2D eigenvalue weighted by atomic mass is 10.2. The Morgan fingerprint density at radius 1 is 1.35 bits per heavy atom. The predicted octanol–water partition coefficient (Wildman–Crippen LogP) is 2.33. The summed E-state index contributed by atoms with van der Waals surface area (Å²) in [6.45, 7) is 4.22. The number of rotatable bonds is 5. The number of aryl methyl sites for hydroxylation is 2. The van der Waals surface area contributed by atoms with Gasteiger partial charge in [0.15, 0.2) is 6.61 Å². The molecule has 5 heteroatoms. The summed E-state index contributed by atoms with van der Waals surface area (Å²) in [7, 11) is 1.71. The highest BCUT2D eigenvalue weighted by atomic mass is 16.5. The van der Waals surface area contributed by atoms with Crippen LogP contribution in [0.3, 0.4) is 0 Å². The Labute approximate surface area is 118 Å². The predicted molar refractivity (Wildman–Crippen MR) is 74.4 cm³/mol. The van der Waals surface area contributed by atoms with Crippen molar-refractivity contribution in [3.05, 3.63) is 47.3 Å². The maximum atomic E-state index is 12.0. The molecular formula is C15H18N2O3. The molecule has 0 saturated heterocycles. The standard InChI is InChI=1S/C15H18N2O3/c1-11-5-4-6-14(7-11)19-10-15(18)17(3)9-13-8-12(2)20-16-13/h4-8H,9-10H2,1-3H3. The number of carbonyl (C=O) groups excluding carboxylic acids is 1. The summed E-state index contributed by atoms with van der Waals surface area (Å²) in [5.74, 6) is 1.33. The molecule has 1 amide bonds. The first-order valence-electron chi connectivity index (χ1n) is 6.40. The molecule has 0 radical (unpaired) electrons. The summed E-state index contributed by atoms with van der Waals surface area (Å²) in [5, 5.41) is 3.86. The summed E-state index contributed by atoms with van der Waals surface area (Å²) in [4.78, 5) is 13.5. The molecule has 1 aromatic heterocycles. The summed E-state index contributed by atoms with van der Waals surface area (Å²) in [6, 6.07) is 9.42. The Morgan fingerprint density at radius 3 is 2.80 bits per heavy atom. The van der Waals surface area contributed by atoms with E-state index < -0.39 is 0 Å². The van der Waals surface area contributed by atoms with Gasteiger partial charge in [0.1, 0.15) is 17.2 Å². The first-order valence-corrected chi connectivity index (χ1v) is 6.40. The molecule has 1 heterocycles. The van der Waals surface area contributed by atoms with E-state index >= 15 is 0 Å². The van der Waals surface area contributed by atoms with Crippen LogP contribution in [0.4, 0.5) is 0 Å². The number of hydrogen-bond acceptors (Lipinski definition) is 4. The Hall–Kier alpha value is -2.30. The fourth-order valence-corrected chi connectivity index (χ4v) is 1.78. The molecule has 0 aliphatic rings. The van der Waals surface area contributed by atoms with E-state index in [9.17, 15) is 4.79 Å². The summed E-state index contributed by atoms with van der Waals surface area (Å²) in [6.07, 6.45) is 0. The molecule has 1 aromatic carbocycles. The van der Waals surface area contributed by atoms with E-state index in [1.807, 2.05) is 44.2 Å². The first kappa shape index (κ1) is 14.1. The second-order valence-electron chi connectivity index (χ2n) is 4.78. The molecule has 5 nitrogen and oxygen atoms in total. The number of amides is 1. The molecule has 106 valence electrons. The molecule has 0 atom stereocenters. The Morgan fingerprint density at radius 2 is 2.15 bits per heavy atom. The van der Waals surface area contributed by atoms with Crippen LogP contribution in [-0.4, -0.2) is 29.6 Å². The van der Waals surface area contributed by atoms with E-state index in [4.69, 9.17) is 9.26 Å². The Kier molecular flexibility index (Phi) is 4.40. The van der Waals surface area contributed by atoms with Crippen molar-refractivity contribution in [2.45, 2.75) is 20.4 Å². The topological polar surface area (TPSA) is 55.6 Å². The minimum absolute atomic E-state index is 0.0107. The zero-order valence-corrected chi connectivity index (χ0v) is 11.9. The summed E-state index contributed by atoms with van der Waals surface area (Å²) >= 11 is 0. The van der Waals surface area contributed by atoms with Crippen LogP contribution in [0.5, 0.6) is 5.75 Å². The van der Waals surface area contributed by atoms with E-state index in [0.29, 0.717) is 12.3 Å². The summed E-state index contributed by atoms with van der Waals surface area (Å²) < 4.78 is 10.4. The van der Waals surface area contributed by atoms with E-state index in [1.165, 1.54) is 0 Å². The van der Waals surface area contributed by atoms with Crippen LogP contribution in [0.15, 0.2) is 34.9 Å². The van der Waals surface area contributed by atoms with E-state index in [-0.39, 0.29) is 12.5 Å². The van der Waals surface area contributed by atoms with Crippen molar-refractivity contribution >= 4 is 5.91 Å². The monoisotopic (exact) mass is 274 g/mol. The molecule has 0 unspecified atom stereocenters. The highest BCUT2D eigenvalue weighted by Gasteiger charge is 2.12. The lowest BCUT2D eigenvalue weighted by Gasteiger charge is -2.16. The fraction of sp³-hybridized carbons (Fsp3) is 0.333. The summed E-state index contributed by atoms with van der Waals surface area (Å²) in [5.41, 5.74) is 1.83. The van der Waals surface area contributed by atoms with Gasteiger partial charge in [-0.2, -0.15) is 0 Å². The molecule has 0 saturated carbocycles. The van der Waals surface area contributed by atoms with Gasteiger partial charge in [-0.3, -0.25) is 4.79 Å². The molecule has 0 aliphatic carbocycles. The molecule has 0 N–H and O–H groups in total. The third-order valence-electron chi connectivity index (χ3n) is 2.85. The quantitative estimate of drug-likeness (QED) is 0.839. The maximum absolute atomic E-state index is 12.0. The van der Waals surface area contributed by atoms with Gasteiger partial charge in [0.2, 0.25) is 0 Å². The van der Waals surface area contributed by atoms with Crippen LogP contribution >= 0.6 is 0 Å². The lowest BCUT2D eigenvalue weighted by molar-refractivity contribution is -0.132. The second kappa shape index (κ2) is 6.23. The Bertz CT molecular complexity index is 592. The van der Waals surface area contributed by atoms with Gasteiger partial charge in [-0.25, -0.2) is 0 Å². The van der Waals surface area contributed by atoms with Crippen LogP contribution in [0.1, 0.15) is 17.0 Å². The van der Waals surface area contributed by atoms with Gasteiger partial charge in [0.25, 0.3) is 5.91 Å². The number of nitrogens with zero attached hydrogens (tertiary/aromatic N) is 2. The van der Waals surface area contributed by atoms with Crippen LogP contribution in [0, 0.1) is 13.8 Å². The average molecular weight is 274 g/mol. The largest absolute Gasteiger partial charge is 0.484 e. The third kappa shape index (κ3) is 3.85. The highest BCUT2D eigenvalue weighted by molar-refractivity contribution is 5.77. The fourth-order valence-electron chi connectivity index (χ4n) is 1.78. The zero-order chi connectivity index (χ0) is 14.5. The highest BCUT2D eigenvalue weighted by Crippen LogP contribution is 2.12. The van der Waals surface area contributed by atoms with Gasteiger partial charge in [0.05, 0.1) is 6.54 Å². The molecule has 2 rings (SSSR count). The van der Waals surface area contributed by atoms with Crippen molar-refractivity contribution in [3.63, 3.8) is 0 Å². The maximum Gasteiger partial charge on any atom is 0.260 e. The van der Waals surface area contributed by atoms with Crippen molar-refractivity contribution in [2.24, 2.45) is 0 Å². The molecule has 2 aromatic rings. The van der Waals surface area contributed by atoms with E-state index in [0.717, 1.165) is 17.0 Å². The SMILES string of the molecule is Cc1cccc(OCC(=O)N(C)Cc2cc(C)on2)c1. The van der Waals surface area contributed by atoms with E-state index in [2.05, 4.69) is 5.16 Å². The van der Waals surface area contributed by atoms with Crippen molar-refractivity contribution in [1.82, 2.24) is 10.1 Å². The number of hydrogen-bond donors (Lipinski definition) is 0. The van der Waals surface area contributed by atoms with Crippen LogP contribution in [0.25, 0.3) is 0 Å². The number of carbonyl (C=O) groups is 1. The molecule has 0 spiro atoms. The second-order valence-corrected chi connectivity index (χ2v) is 4.78. The van der Waals surface area contributed by atoms with Crippen LogP contribution in [-0.2, 0) is 11.3 Å². The van der Waals surface area contributed by atoms with Gasteiger partial charge < -0.3 is 14.2 Å². The van der Waals surface area contributed by atoms with E-state index in [1.54, 1.807) is 11.9 Å².